The molecule has 1 fully saturated rings. The summed E-state index contributed by atoms with van der Waals surface area (Å²) >= 11 is 5.41. The zero-order chi connectivity index (χ0) is 13.8. The predicted octanol–water partition coefficient (Wildman–Crippen LogP) is 4.58. The minimum absolute atomic E-state index is 0.0388. The Hall–Kier alpha value is -0.480. The first kappa shape index (κ1) is 14.9. The van der Waals surface area contributed by atoms with Gasteiger partial charge in [-0.15, -0.1) is 11.8 Å². The quantitative estimate of drug-likeness (QED) is 0.752. The van der Waals surface area contributed by atoms with Crippen LogP contribution in [0.5, 0.6) is 0 Å². The van der Waals surface area contributed by atoms with Crippen LogP contribution in [0.15, 0.2) is 27.6 Å². The zero-order valence-electron chi connectivity index (χ0n) is 11.3. The van der Waals surface area contributed by atoms with E-state index in [4.69, 9.17) is 4.74 Å². The first-order valence-electron chi connectivity index (χ1n) is 6.62. The molecule has 104 valence electrons. The third-order valence-corrected chi connectivity index (χ3v) is 5.97. The van der Waals surface area contributed by atoms with Crippen molar-refractivity contribution in [2.75, 3.05) is 7.11 Å². The number of benzene rings is 1. The SMILES string of the molecule is COC(=O)C1CCCCC1Sc1ccc(C)cc1Br. The molecule has 0 aliphatic heterocycles. The fourth-order valence-corrected chi connectivity index (χ4v) is 4.64. The van der Waals surface area contributed by atoms with Crippen molar-refractivity contribution in [1.82, 2.24) is 0 Å². The highest BCUT2D eigenvalue weighted by Gasteiger charge is 2.32. The molecule has 0 amide bonds. The normalized spacial score (nSPS) is 23.1. The Balaban J connectivity index is 2.13. The van der Waals surface area contributed by atoms with Crippen molar-refractivity contribution in [3.05, 3.63) is 28.2 Å². The minimum Gasteiger partial charge on any atom is -0.469 e. The number of rotatable bonds is 3. The third kappa shape index (κ3) is 3.76. The van der Waals surface area contributed by atoms with E-state index < -0.39 is 0 Å². The van der Waals surface area contributed by atoms with Crippen LogP contribution in [0.4, 0.5) is 0 Å². The topological polar surface area (TPSA) is 26.3 Å². The van der Waals surface area contributed by atoms with Crippen molar-refractivity contribution in [3.63, 3.8) is 0 Å². The molecular weight excluding hydrogens is 324 g/mol. The number of thioether (sulfide) groups is 1. The molecular formula is C15H19BrO2S. The van der Waals surface area contributed by atoms with Crippen LogP contribution >= 0.6 is 27.7 Å². The molecule has 1 aromatic carbocycles. The average molecular weight is 343 g/mol. The van der Waals surface area contributed by atoms with Crippen LogP contribution in [0.2, 0.25) is 0 Å². The van der Waals surface area contributed by atoms with Gasteiger partial charge in [0.1, 0.15) is 0 Å². The zero-order valence-corrected chi connectivity index (χ0v) is 13.7. The summed E-state index contributed by atoms with van der Waals surface area (Å²) < 4.78 is 6.06. The number of carbonyl (C=O) groups excluding carboxylic acids is 1. The van der Waals surface area contributed by atoms with Crippen molar-refractivity contribution in [1.29, 1.82) is 0 Å². The largest absolute Gasteiger partial charge is 0.469 e. The molecule has 0 saturated heterocycles. The monoisotopic (exact) mass is 342 g/mol. The predicted molar refractivity (Wildman–Crippen MR) is 82.5 cm³/mol. The lowest BCUT2D eigenvalue weighted by atomic mass is 9.89. The second-order valence-electron chi connectivity index (χ2n) is 5.00. The Kier molecular flexibility index (Phi) is 5.34. The van der Waals surface area contributed by atoms with Gasteiger partial charge in [-0.25, -0.2) is 0 Å². The lowest BCUT2D eigenvalue weighted by molar-refractivity contribution is -0.146. The molecule has 0 heterocycles. The van der Waals surface area contributed by atoms with Gasteiger partial charge in [-0.2, -0.15) is 0 Å². The van der Waals surface area contributed by atoms with Gasteiger partial charge in [0, 0.05) is 14.6 Å². The second kappa shape index (κ2) is 6.80. The van der Waals surface area contributed by atoms with Gasteiger partial charge in [0.05, 0.1) is 13.0 Å². The number of ether oxygens (including phenoxy) is 1. The van der Waals surface area contributed by atoms with Gasteiger partial charge in [0.25, 0.3) is 0 Å². The number of methoxy groups -OCH3 is 1. The summed E-state index contributed by atoms with van der Waals surface area (Å²) in [5, 5.41) is 0.334. The van der Waals surface area contributed by atoms with Crippen LogP contribution in [-0.2, 0) is 9.53 Å². The number of esters is 1. The molecule has 1 aliphatic carbocycles. The van der Waals surface area contributed by atoms with Crippen LogP contribution in [0.1, 0.15) is 31.2 Å². The molecule has 0 aromatic heterocycles. The number of carbonyl (C=O) groups is 1. The van der Waals surface area contributed by atoms with E-state index >= 15 is 0 Å². The van der Waals surface area contributed by atoms with E-state index in [1.807, 2.05) is 0 Å². The third-order valence-electron chi connectivity index (χ3n) is 3.57. The molecule has 4 heteroatoms. The van der Waals surface area contributed by atoms with Crippen molar-refractivity contribution in [3.8, 4) is 0 Å². The number of halogens is 1. The molecule has 1 aromatic rings. The number of hydrogen-bond acceptors (Lipinski definition) is 3. The molecule has 1 saturated carbocycles. The van der Waals surface area contributed by atoms with E-state index in [0.29, 0.717) is 5.25 Å². The summed E-state index contributed by atoms with van der Waals surface area (Å²) in [6, 6.07) is 6.37. The second-order valence-corrected chi connectivity index (χ2v) is 7.14. The van der Waals surface area contributed by atoms with Crippen molar-refractivity contribution in [2.45, 2.75) is 42.8 Å². The number of hydrogen-bond donors (Lipinski definition) is 0. The van der Waals surface area contributed by atoms with Crippen LogP contribution in [0, 0.1) is 12.8 Å². The maximum atomic E-state index is 11.9. The Morgan fingerprint density at radius 1 is 1.37 bits per heavy atom. The standard InChI is InChI=1S/C15H19BrO2S/c1-10-7-8-14(12(16)9-10)19-13-6-4-3-5-11(13)15(17)18-2/h7-9,11,13H,3-6H2,1-2H3. The Bertz CT molecular complexity index is 461. The maximum absolute atomic E-state index is 11.9. The molecule has 0 bridgehead atoms. The lowest BCUT2D eigenvalue weighted by Gasteiger charge is -2.29. The van der Waals surface area contributed by atoms with Gasteiger partial charge >= 0.3 is 5.97 Å². The van der Waals surface area contributed by atoms with Crippen molar-refractivity contribution in [2.24, 2.45) is 5.92 Å². The van der Waals surface area contributed by atoms with Crippen LogP contribution in [-0.4, -0.2) is 18.3 Å². The first-order chi connectivity index (χ1) is 9.11. The highest BCUT2D eigenvalue weighted by atomic mass is 79.9. The highest BCUT2D eigenvalue weighted by molar-refractivity contribution is 9.10. The van der Waals surface area contributed by atoms with Gasteiger partial charge in [0.15, 0.2) is 0 Å². The van der Waals surface area contributed by atoms with Gasteiger partial charge < -0.3 is 4.74 Å². The Labute approximate surface area is 127 Å². The smallest absolute Gasteiger partial charge is 0.309 e. The van der Waals surface area contributed by atoms with Crippen molar-refractivity contribution >= 4 is 33.7 Å². The molecule has 0 spiro atoms. The summed E-state index contributed by atoms with van der Waals surface area (Å²) in [6.45, 7) is 2.08. The molecule has 2 nitrogen and oxygen atoms in total. The van der Waals surface area contributed by atoms with Gasteiger partial charge in [-0.3, -0.25) is 4.79 Å². The molecule has 1 aliphatic rings. The molecule has 2 unspecified atom stereocenters. The molecule has 0 N–H and O–H groups in total. The first-order valence-corrected chi connectivity index (χ1v) is 8.29. The van der Waals surface area contributed by atoms with Crippen LogP contribution in [0.25, 0.3) is 0 Å². The minimum atomic E-state index is -0.0552. The lowest BCUT2D eigenvalue weighted by Crippen LogP contribution is -2.30. The summed E-state index contributed by atoms with van der Waals surface area (Å²) in [6.07, 6.45) is 4.37. The van der Waals surface area contributed by atoms with E-state index in [1.165, 1.54) is 24.0 Å². The van der Waals surface area contributed by atoms with E-state index in [1.54, 1.807) is 11.8 Å². The van der Waals surface area contributed by atoms with E-state index in [0.717, 1.165) is 23.7 Å². The van der Waals surface area contributed by atoms with E-state index in [-0.39, 0.29) is 11.9 Å². The summed E-state index contributed by atoms with van der Waals surface area (Å²) in [4.78, 5) is 13.1. The Morgan fingerprint density at radius 3 is 2.79 bits per heavy atom. The van der Waals surface area contributed by atoms with Gasteiger partial charge in [0.2, 0.25) is 0 Å². The van der Waals surface area contributed by atoms with Crippen molar-refractivity contribution < 1.29 is 9.53 Å². The van der Waals surface area contributed by atoms with E-state index in [9.17, 15) is 4.79 Å². The Morgan fingerprint density at radius 2 is 2.11 bits per heavy atom. The highest BCUT2D eigenvalue weighted by Crippen LogP contribution is 2.40. The van der Waals surface area contributed by atoms with Gasteiger partial charge in [-0.1, -0.05) is 18.9 Å². The van der Waals surface area contributed by atoms with E-state index in [2.05, 4.69) is 41.1 Å². The fourth-order valence-electron chi connectivity index (χ4n) is 2.52. The van der Waals surface area contributed by atoms with Crippen LogP contribution < -0.4 is 0 Å². The van der Waals surface area contributed by atoms with Gasteiger partial charge in [-0.05, 0) is 53.4 Å². The molecule has 0 radical (unpaired) electrons. The summed E-state index contributed by atoms with van der Waals surface area (Å²) in [5.74, 6) is -0.0163. The average Bonchev–Trinajstić information content (AvgIpc) is 2.41. The fraction of sp³-hybridized carbons (Fsp3) is 0.533. The maximum Gasteiger partial charge on any atom is 0.309 e. The summed E-state index contributed by atoms with van der Waals surface area (Å²) in [7, 11) is 1.49. The number of aryl methyl sites for hydroxylation is 1. The molecule has 19 heavy (non-hydrogen) atoms. The summed E-state index contributed by atoms with van der Waals surface area (Å²) in [5.41, 5.74) is 1.24. The molecule has 2 atom stereocenters. The van der Waals surface area contributed by atoms with Crippen LogP contribution in [0.3, 0.4) is 0 Å². The molecule has 2 rings (SSSR count).